The number of hydrazine groups is 1. The van der Waals surface area contributed by atoms with Gasteiger partial charge in [0.25, 0.3) is 5.91 Å². The molecule has 0 atom stereocenters. The van der Waals surface area contributed by atoms with Crippen LogP contribution in [-0.4, -0.2) is 34.4 Å². The number of rotatable bonds is 9. The van der Waals surface area contributed by atoms with Gasteiger partial charge in [0.05, 0.1) is 9.99 Å². The van der Waals surface area contributed by atoms with Gasteiger partial charge in [0.1, 0.15) is 5.75 Å². The van der Waals surface area contributed by atoms with Gasteiger partial charge in [0.2, 0.25) is 5.91 Å². The van der Waals surface area contributed by atoms with Crippen molar-refractivity contribution in [2.75, 3.05) is 17.5 Å². The number of phenols is 1. The summed E-state index contributed by atoms with van der Waals surface area (Å²) in [4.78, 5) is 25.5. The van der Waals surface area contributed by atoms with Gasteiger partial charge in [0.15, 0.2) is 0 Å². The quantitative estimate of drug-likeness (QED) is 0.0900. The minimum Gasteiger partial charge on any atom is -0.507 e. The average Bonchev–Trinajstić information content (AvgIpc) is 2.53. The van der Waals surface area contributed by atoms with Crippen molar-refractivity contribution in [2.24, 2.45) is 5.11 Å². The highest BCUT2D eigenvalue weighted by Crippen LogP contribution is 2.23. The molecule has 0 bridgehead atoms. The summed E-state index contributed by atoms with van der Waals surface area (Å²) >= 11 is 1.97. The number of alkyl halides is 1. The number of nitrogens with one attached hydrogen (secondary N) is 3. The standard InChI is InChI=1S/C13H17IN6O3/c14-8-12(22)19-17-6-2-1-5-16-13(23)10-4-3-9(18-20-15)7-11(10)21/h3-4,7,17,21H,1-2,5-6,8H2,(H,16,23)(H,19,22). The van der Waals surface area contributed by atoms with Crippen molar-refractivity contribution in [3.8, 4) is 5.75 Å². The highest BCUT2D eigenvalue weighted by Gasteiger charge is 2.10. The molecule has 0 aliphatic heterocycles. The first-order chi connectivity index (χ1) is 11.1. The molecule has 2 amide bonds. The van der Waals surface area contributed by atoms with E-state index in [-0.39, 0.29) is 22.9 Å². The number of unbranched alkanes of at least 4 members (excludes halogenated alkanes) is 1. The zero-order valence-corrected chi connectivity index (χ0v) is 14.4. The number of aromatic hydroxyl groups is 1. The number of hydrogen-bond donors (Lipinski definition) is 4. The molecule has 0 unspecified atom stereocenters. The molecule has 1 aromatic carbocycles. The van der Waals surface area contributed by atoms with Gasteiger partial charge in [0, 0.05) is 23.7 Å². The molecule has 0 aliphatic carbocycles. The molecule has 4 N–H and O–H groups in total. The minimum absolute atomic E-state index is 0.0847. The van der Waals surface area contributed by atoms with Crippen molar-refractivity contribution in [3.05, 3.63) is 34.2 Å². The van der Waals surface area contributed by atoms with E-state index in [1.54, 1.807) is 0 Å². The monoisotopic (exact) mass is 432 g/mol. The van der Waals surface area contributed by atoms with E-state index in [4.69, 9.17) is 5.53 Å². The molecule has 0 radical (unpaired) electrons. The Hall–Kier alpha value is -2.04. The average molecular weight is 432 g/mol. The summed E-state index contributed by atoms with van der Waals surface area (Å²) < 4.78 is 0.392. The van der Waals surface area contributed by atoms with Crippen LogP contribution in [0.4, 0.5) is 5.69 Å². The van der Waals surface area contributed by atoms with Crippen LogP contribution in [0.5, 0.6) is 5.75 Å². The fourth-order valence-corrected chi connectivity index (χ4v) is 1.85. The SMILES string of the molecule is [N-]=[N+]=Nc1ccc(C(=O)NCCCCNNC(=O)CI)c(O)c1. The van der Waals surface area contributed by atoms with Crippen LogP contribution in [0, 0.1) is 0 Å². The maximum absolute atomic E-state index is 11.9. The first-order valence-electron chi connectivity index (χ1n) is 6.82. The Balaban J connectivity index is 2.29. The molecule has 0 aromatic heterocycles. The second kappa shape index (κ2) is 10.6. The van der Waals surface area contributed by atoms with E-state index in [1.807, 2.05) is 22.6 Å². The normalized spacial score (nSPS) is 9.78. The Bertz CT molecular complexity index is 603. The Morgan fingerprint density at radius 3 is 2.70 bits per heavy atom. The van der Waals surface area contributed by atoms with Gasteiger partial charge in [-0.25, -0.2) is 5.43 Å². The van der Waals surface area contributed by atoms with E-state index >= 15 is 0 Å². The number of amides is 2. The first-order valence-corrected chi connectivity index (χ1v) is 8.35. The topological polar surface area (TPSA) is 139 Å². The number of azide groups is 1. The van der Waals surface area contributed by atoms with E-state index in [2.05, 4.69) is 26.2 Å². The molecule has 124 valence electrons. The summed E-state index contributed by atoms with van der Waals surface area (Å²) in [7, 11) is 0. The molecule has 0 fully saturated rings. The summed E-state index contributed by atoms with van der Waals surface area (Å²) in [5.41, 5.74) is 14.0. The Labute approximate surface area is 146 Å². The molecular formula is C13H17IN6O3. The maximum Gasteiger partial charge on any atom is 0.255 e. The second-order valence-electron chi connectivity index (χ2n) is 4.46. The van der Waals surface area contributed by atoms with Crippen molar-refractivity contribution in [2.45, 2.75) is 12.8 Å². The van der Waals surface area contributed by atoms with E-state index in [9.17, 15) is 14.7 Å². The van der Waals surface area contributed by atoms with Crippen LogP contribution in [-0.2, 0) is 4.79 Å². The maximum atomic E-state index is 11.9. The van der Waals surface area contributed by atoms with Crippen LogP contribution < -0.4 is 16.2 Å². The third-order valence-electron chi connectivity index (χ3n) is 2.75. The molecule has 0 heterocycles. The Kier molecular flexibility index (Phi) is 8.80. The second-order valence-corrected chi connectivity index (χ2v) is 5.23. The third-order valence-corrected chi connectivity index (χ3v) is 3.44. The molecular weight excluding hydrogens is 415 g/mol. The molecule has 0 saturated heterocycles. The largest absolute Gasteiger partial charge is 0.507 e. The van der Waals surface area contributed by atoms with Gasteiger partial charge in [-0.15, -0.1) is 0 Å². The Morgan fingerprint density at radius 1 is 1.30 bits per heavy atom. The summed E-state index contributed by atoms with van der Waals surface area (Å²) in [6, 6.07) is 4.08. The van der Waals surface area contributed by atoms with Crippen molar-refractivity contribution >= 4 is 40.1 Å². The van der Waals surface area contributed by atoms with E-state index in [1.165, 1.54) is 18.2 Å². The number of carbonyl (C=O) groups excluding carboxylic acids is 2. The number of carbonyl (C=O) groups is 2. The van der Waals surface area contributed by atoms with Crippen molar-refractivity contribution in [1.82, 2.24) is 16.2 Å². The van der Waals surface area contributed by atoms with Crippen LogP contribution in [0.1, 0.15) is 23.2 Å². The van der Waals surface area contributed by atoms with Crippen molar-refractivity contribution in [1.29, 1.82) is 0 Å². The molecule has 1 rings (SSSR count). The predicted molar refractivity (Wildman–Crippen MR) is 93.5 cm³/mol. The zero-order valence-electron chi connectivity index (χ0n) is 12.3. The van der Waals surface area contributed by atoms with Crippen LogP contribution in [0.3, 0.4) is 0 Å². The van der Waals surface area contributed by atoms with Gasteiger partial charge in [-0.2, -0.15) is 0 Å². The molecule has 1 aromatic rings. The van der Waals surface area contributed by atoms with E-state index in [0.29, 0.717) is 17.5 Å². The van der Waals surface area contributed by atoms with Crippen LogP contribution in [0.25, 0.3) is 10.4 Å². The Morgan fingerprint density at radius 2 is 2.04 bits per heavy atom. The molecule has 0 aliphatic rings. The fourth-order valence-electron chi connectivity index (χ4n) is 1.66. The molecule has 10 heteroatoms. The van der Waals surface area contributed by atoms with Crippen LogP contribution in [0.2, 0.25) is 0 Å². The van der Waals surface area contributed by atoms with Gasteiger partial charge < -0.3 is 10.4 Å². The minimum atomic E-state index is -0.402. The lowest BCUT2D eigenvalue weighted by Crippen LogP contribution is -2.38. The van der Waals surface area contributed by atoms with Gasteiger partial charge in [-0.3, -0.25) is 15.0 Å². The molecule has 9 nitrogen and oxygen atoms in total. The highest BCUT2D eigenvalue weighted by molar-refractivity contribution is 14.1. The molecule has 23 heavy (non-hydrogen) atoms. The van der Waals surface area contributed by atoms with Gasteiger partial charge >= 0.3 is 0 Å². The molecule has 0 spiro atoms. The smallest absolute Gasteiger partial charge is 0.255 e. The number of halogens is 1. The molecule has 0 saturated carbocycles. The summed E-state index contributed by atoms with van der Waals surface area (Å²) in [5.74, 6) is -0.727. The third kappa shape index (κ3) is 7.17. The van der Waals surface area contributed by atoms with Crippen molar-refractivity contribution in [3.63, 3.8) is 0 Å². The first kappa shape index (κ1) is 19.0. The van der Waals surface area contributed by atoms with Gasteiger partial charge in [-0.05, 0) is 30.5 Å². The van der Waals surface area contributed by atoms with Crippen molar-refractivity contribution < 1.29 is 14.7 Å². The number of nitrogens with zero attached hydrogens (tertiary/aromatic N) is 3. The summed E-state index contributed by atoms with van der Waals surface area (Å²) in [6.45, 7) is 1.04. The fraction of sp³-hybridized carbons (Fsp3) is 0.385. The van der Waals surface area contributed by atoms with E-state index in [0.717, 1.165) is 12.8 Å². The highest BCUT2D eigenvalue weighted by atomic mass is 127. The predicted octanol–water partition coefficient (Wildman–Crippen LogP) is 1.90. The lowest BCUT2D eigenvalue weighted by molar-refractivity contribution is -0.119. The lowest BCUT2D eigenvalue weighted by Gasteiger charge is -2.08. The number of phenolic OH excluding ortho intramolecular Hbond substituents is 1. The number of benzene rings is 1. The van der Waals surface area contributed by atoms with Crippen LogP contribution >= 0.6 is 22.6 Å². The van der Waals surface area contributed by atoms with Gasteiger partial charge in [-0.1, -0.05) is 33.8 Å². The zero-order chi connectivity index (χ0) is 17.1. The summed E-state index contributed by atoms with van der Waals surface area (Å²) in [6.07, 6.45) is 1.49. The number of hydrogen-bond acceptors (Lipinski definition) is 5. The summed E-state index contributed by atoms with van der Waals surface area (Å²) in [5, 5.41) is 15.8. The van der Waals surface area contributed by atoms with Crippen LogP contribution in [0.15, 0.2) is 23.3 Å². The lowest BCUT2D eigenvalue weighted by atomic mass is 10.1. The van der Waals surface area contributed by atoms with E-state index < -0.39 is 5.91 Å².